The Morgan fingerprint density at radius 3 is 2.31 bits per heavy atom. The maximum absolute atomic E-state index is 13.1. The lowest BCUT2D eigenvalue weighted by molar-refractivity contribution is 0.547. The summed E-state index contributed by atoms with van der Waals surface area (Å²) in [7, 11) is 1.67. The molecule has 3 heterocycles. The molecule has 0 amide bonds. The summed E-state index contributed by atoms with van der Waals surface area (Å²) >= 11 is 0. The van der Waals surface area contributed by atoms with Gasteiger partial charge in [0.2, 0.25) is 5.95 Å². The van der Waals surface area contributed by atoms with Crippen molar-refractivity contribution in [2.75, 3.05) is 11.6 Å². The zero-order valence-electron chi connectivity index (χ0n) is 16.5. The minimum absolute atomic E-state index is 0.122. The summed E-state index contributed by atoms with van der Waals surface area (Å²) in [5.74, 6) is 0.635. The molecule has 0 unspecified atom stereocenters. The normalized spacial score (nSPS) is 14.7. The van der Waals surface area contributed by atoms with E-state index < -0.39 is 0 Å². The van der Waals surface area contributed by atoms with Crippen LogP contribution in [0.5, 0.6) is 0 Å². The van der Waals surface area contributed by atoms with E-state index >= 15 is 0 Å². The van der Waals surface area contributed by atoms with E-state index in [1.807, 2.05) is 16.5 Å². The number of rotatable bonds is 4. The number of hydrogen-bond acceptors (Lipinski definition) is 5. The van der Waals surface area contributed by atoms with Gasteiger partial charge < -0.3 is 0 Å². The third-order valence-electron chi connectivity index (χ3n) is 4.74. The second kappa shape index (κ2) is 6.41. The fourth-order valence-electron chi connectivity index (χ4n) is 3.25. The molecule has 0 saturated carbocycles. The monoisotopic (exact) mass is 360 g/mol. The zero-order chi connectivity index (χ0) is 19.2. The van der Waals surface area contributed by atoms with Gasteiger partial charge in [-0.2, -0.15) is 10.1 Å². The van der Waals surface area contributed by atoms with Gasteiger partial charge in [-0.05, 0) is 12.8 Å². The number of anilines is 1. The van der Waals surface area contributed by atoms with Gasteiger partial charge in [0.15, 0.2) is 11.2 Å². The van der Waals surface area contributed by atoms with E-state index in [0.717, 1.165) is 18.6 Å². The van der Waals surface area contributed by atoms with Crippen molar-refractivity contribution in [1.82, 2.24) is 18.7 Å². The third kappa shape index (κ3) is 2.77. The predicted octanol–water partition coefficient (Wildman–Crippen LogP) is 1.94. The first-order valence-electron chi connectivity index (χ1n) is 9.26. The number of imidazole rings is 1. The van der Waals surface area contributed by atoms with Gasteiger partial charge in [-0.3, -0.25) is 18.5 Å². The number of aryl methyl sites for hydroxylation is 1. The molecule has 2 aromatic heterocycles. The molecule has 8 nitrogen and oxygen atoms in total. The third-order valence-corrected chi connectivity index (χ3v) is 4.74. The van der Waals surface area contributed by atoms with Crippen LogP contribution in [0.25, 0.3) is 11.2 Å². The van der Waals surface area contributed by atoms with Gasteiger partial charge in [0.25, 0.3) is 5.56 Å². The van der Waals surface area contributed by atoms with E-state index in [1.165, 1.54) is 9.13 Å². The van der Waals surface area contributed by atoms with Crippen LogP contribution in [0.3, 0.4) is 0 Å². The summed E-state index contributed by atoms with van der Waals surface area (Å²) in [6.45, 7) is 12.0. The van der Waals surface area contributed by atoms with Crippen molar-refractivity contribution in [1.29, 1.82) is 0 Å². The maximum atomic E-state index is 13.1. The van der Waals surface area contributed by atoms with Crippen molar-refractivity contribution in [2.24, 2.45) is 17.6 Å². The Labute approximate surface area is 152 Å². The summed E-state index contributed by atoms with van der Waals surface area (Å²) in [6.07, 6.45) is 1.63. The molecule has 2 aromatic rings. The highest BCUT2D eigenvalue weighted by Gasteiger charge is 2.31. The highest BCUT2D eigenvalue weighted by atomic mass is 16.2. The fraction of sp³-hybridized carbons (Fsp3) is 0.667. The molecule has 0 spiro atoms. The van der Waals surface area contributed by atoms with E-state index in [4.69, 9.17) is 5.10 Å². The van der Waals surface area contributed by atoms with Crippen LogP contribution in [0.15, 0.2) is 14.7 Å². The summed E-state index contributed by atoms with van der Waals surface area (Å²) < 4.78 is 4.70. The van der Waals surface area contributed by atoms with E-state index in [9.17, 15) is 9.59 Å². The van der Waals surface area contributed by atoms with Crippen LogP contribution in [-0.2, 0) is 20.1 Å². The lowest BCUT2D eigenvalue weighted by Gasteiger charge is -2.31. The molecule has 0 N–H and O–H groups in total. The van der Waals surface area contributed by atoms with Crippen LogP contribution >= 0.6 is 0 Å². The van der Waals surface area contributed by atoms with Gasteiger partial charge in [-0.1, -0.05) is 34.6 Å². The van der Waals surface area contributed by atoms with Crippen LogP contribution in [0.4, 0.5) is 5.95 Å². The number of hydrazone groups is 1. The average molecular weight is 360 g/mol. The first-order chi connectivity index (χ1) is 12.2. The van der Waals surface area contributed by atoms with Crippen molar-refractivity contribution in [2.45, 2.75) is 60.5 Å². The molecule has 0 atom stereocenters. The molecule has 1 aliphatic heterocycles. The van der Waals surface area contributed by atoms with Crippen LogP contribution in [0, 0.1) is 5.41 Å². The molecule has 1 aliphatic rings. The molecule has 0 saturated heterocycles. The van der Waals surface area contributed by atoms with Crippen molar-refractivity contribution >= 4 is 22.8 Å². The Hall–Kier alpha value is -2.38. The highest BCUT2D eigenvalue weighted by molar-refractivity contribution is 5.93. The van der Waals surface area contributed by atoms with Crippen molar-refractivity contribution in [3.05, 3.63) is 20.8 Å². The first kappa shape index (κ1) is 18.4. The second-order valence-electron chi connectivity index (χ2n) is 7.89. The topological polar surface area (TPSA) is 77.4 Å². The Morgan fingerprint density at radius 2 is 1.73 bits per heavy atom. The number of fused-ring (bicyclic) bond motifs is 3. The fourth-order valence-corrected chi connectivity index (χ4v) is 3.25. The van der Waals surface area contributed by atoms with Gasteiger partial charge in [0.1, 0.15) is 0 Å². The van der Waals surface area contributed by atoms with E-state index in [0.29, 0.717) is 36.7 Å². The van der Waals surface area contributed by atoms with Gasteiger partial charge >= 0.3 is 5.69 Å². The molecule has 142 valence electrons. The quantitative estimate of drug-likeness (QED) is 0.835. The Kier molecular flexibility index (Phi) is 4.54. The zero-order valence-corrected chi connectivity index (χ0v) is 16.5. The Bertz CT molecular complexity index is 986. The molecular weight excluding hydrogens is 332 g/mol. The molecule has 8 heteroatoms. The van der Waals surface area contributed by atoms with E-state index in [1.54, 1.807) is 7.05 Å². The standard InChI is InChI=1S/C18H28N6O2/c1-7-9-22-15(25)13-14(21(6)17(22)26)19-16-23(13)11-12(18(3,4)5)20-24(16)10-8-2/h7-11H2,1-6H3. The SMILES string of the molecule is CCCN1N=C(C(C)(C)C)Cn2c1nc1c2c(=O)n(CCC)c(=O)n1C. The van der Waals surface area contributed by atoms with Crippen molar-refractivity contribution in [3.8, 4) is 0 Å². The Morgan fingerprint density at radius 1 is 1.08 bits per heavy atom. The molecule has 3 rings (SSSR count). The van der Waals surface area contributed by atoms with E-state index in [-0.39, 0.29) is 16.7 Å². The lowest BCUT2D eigenvalue weighted by atomic mass is 9.89. The molecule has 0 aromatic carbocycles. The van der Waals surface area contributed by atoms with Gasteiger partial charge in [-0.25, -0.2) is 9.80 Å². The molecule has 0 radical (unpaired) electrons. The van der Waals surface area contributed by atoms with Crippen LogP contribution < -0.4 is 16.3 Å². The second-order valence-corrected chi connectivity index (χ2v) is 7.89. The number of aromatic nitrogens is 4. The maximum Gasteiger partial charge on any atom is 0.332 e. The van der Waals surface area contributed by atoms with E-state index in [2.05, 4.69) is 32.7 Å². The molecule has 0 aliphatic carbocycles. The minimum atomic E-state index is -0.321. The number of nitrogens with zero attached hydrogens (tertiary/aromatic N) is 6. The van der Waals surface area contributed by atoms with Crippen LogP contribution in [0.2, 0.25) is 0 Å². The number of hydrogen-bond donors (Lipinski definition) is 0. The summed E-state index contributed by atoms with van der Waals surface area (Å²) in [4.78, 5) is 30.3. The van der Waals surface area contributed by atoms with Crippen LogP contribution in [0.1, 0.15) is 47.5 Å². The van der Waals surface area contributed by atoms with Crippen LogP contribution in [-0.4, -0.2) is 30.9 Å². The highest BCUT2D eigenvalue weighted by Crippen LogP contribution is 2.29. The summed E-state index contributed by atoms with van der Waals surface area (Å²) in [6, 6.07) is 0. The average Bonchev–Trinajstić information content (AvgIpc) is 2.96. The Balaban J connectivity index is 2.33. The van der Waals surface area contributed by atoms with Gasteiger partial charge in [0.05, 0.1) is 12.3 Å². The van der Waals surface area contributed by atoms with Crippen molar-refractivity contribution in [3.63, 3.8) is 0 Å². The van der Waals surface area contributed by atoms with Gasteiger partial charge in [-0.15, -0.1) is 0 Å². The molecule has 0 bridgehead atoms. The minimum Gasteiger partial charge on any atom is -0.297 e. The summed E-state index contributed by atoms with van der Waals surface area (Å²) in [5, 5.41) is 6.65. The molecular formula is C18H28N6O2. The smallest absolute Gasteiger partial charge is 0.297 e. The first-order valence-corrected chi connectivity index (χ1v) is 9.26. The predicted molar refractivity (Wildman–Crippen MR) is 104 cm³/mol. The lowest BCUT2D eigenvalue weighted by Crippen LogP contribution is -2.40. The van der Waals surface area contributed by atoms with Crippen molar-refractivity contribution < 1.29 is 0 Å². The summed E-state index contributed by atoms with van der Waals surface area (Å²) in [5.41, 5.74) is 1.19. The largest absolute Gasteiger partial charge is 0.332 e. The molecule has 0 fully saturated rings. The van der Waals surface area contributed by atoms with Gasteiger partial charge in [0, 0.05) is 25.6 Å². The molecule has 26 heavy (non-hydrogen) atoms.